The fourth-order valence-corrected chi connectivity index (χ4v) is 4.25. The first-order valence-corrected chi connectivity index (χ1v) is 10.6. The molecule has 2 aliphatic heterocycles. The Morgan fingerprint density at radius 3 is 2.44 bits per heavy atom. The maximum Gasteiger partial charge on any atom is 0.174 e. The number of carbonyl (C=O) groups is 1. The molecule has 0 amide bonds. The predicted molar refractivity (Wildman–Crippen MR) is 118 cm³/mol. The number of benzene rings is 3. The van der Waals surface area contributed by atoms with Gasteiger partial charge in [0.1, 0.15) is 28.9 Å². The molecule has 2 aliphatic rings. The molecule has 0 bridgehead atoms. The second kappa shape index (κ2) is 8.35. The normalized spacial score (nSPS) is 20.9. The number of fused-ring (bicyclic) bond motifs is 2. The van der Waals surface area contributed by atoms with Crippen molar-refractivity contribution in [1.29, 1.82) is 0 Å². The fourth-order valence-electron chi connectivity index (χ4n) is 4.25. The summed E-state index contributed by atoms with van der Waals surface area (Å²) < 4.78 is 23.2. The Morgan fingerprint density at radius 1 is 0.882 bits per heavy atom. The van der Waals surface area contributed by atoms with Crippen molar-refractivity contribution in [2.24, 2.45) is 0 Å². The zero-order valence-electron chi connectivity index (χ0n) is 18.1. The number of ether oxygens (including phenoxy) is 4. The minimum atomic E-state index is -0.736. The molecule has 34 heavy (non-hydrogen) atoms. The number of rotatable bonds is 4. The van der Waals surface area contributed by atoms with E-state index in [1.54, 1.807) is 30.3 Å². The largest absolute Gasteiger partial charge is 0.508 e. The number of Topliss-reactive ketones (excluding diaryl/α,β-unsaturated/α-hetero) is 1. The van der Waals surface area contributed by atoms with Gasteiger partial charge in [-0.3, -0.25) is 4.79 Å². The van der Waals surface area contributed by atoms with Crippen molar-refractivity contribution < 1.29 is 44.2 Å². The highest BCUT2D eigenvalue weighted by molar-refractivity contribution is 6.02. The Morgan fingerprint density at radius 2 is 1.68 bits per heavy atom. The molecule has 1 unspecified atom stereocenters. The molecule has 0 saturated heterocycles. The summed E-state index contributed by atoms with van der Waals surface area (Å²) >= 11 is 0. The summed E-state index contributed by atoms with van der Waals surface area (Å²) in [5, 5.41) is 39.6. The Hall–Kier alpha value is -4.11. The summed E-state index contributed by atoms with van der Waals surface area (Å²) in [6.07, 6.45) is -2.06. The van der Waals surface area contributed by atoms with Crippen LogP contribution in [0.1, 0.15) is 40.1 Å². The van der Waals surface area contributed by atoms with Crippen LogP contribution in [0.25, 0.3) is 0 Å². The van der Waals surface area contributed by atoms with Crippen LogP contribution in [-0.4, -0.2) is 46.0 Å². The quantitative estimate of drug-likeness (QED) is 0.456. The number of aliphatic hydroxyl groups excluding tert-OH is 1. The first kappa shape index (κ1) is 21.7. The molecule has 9 nitrogen and oxygen atoms in total. The van der Waals surface area contributed by atoms with Crippen LogP contribution in [0.3, 0.4) is 0 Å². The van der Waals surface area contributed by atoms with Crippen LogP contribution < -0.4 is 18.9 Å². The molecule has 4 N–H and O–H groups in total. The Bertz CT molecular complexity index is 1270. The number of methoxy groups -OCH3 is 1. The number of hydrogen-bond acceptors (Lipinski definition) is 9. The van der Waals surface area contributed by atoms with Crippen LogP contribution >= 0.6 is 0 Å². The van der Waals surface area contributed by atoms with Gasteiger partial charge in [-0.15, -0.1) is 0 Å². The van der Waals surface area contributed by atoms with E-state index in [2.05, 4.69) is 0 Å². The summed E-state index contributed by atoms with van der Waals surface area (Å²) in [6, 6.07) is 12.3. The van der Waals surface area contributed by atoms with Crippen LogP contribution in [-0.2, 0) is 0 Å². The highest BCUT2D eigenvalue weighted by atomic mass is 16.6. The van der Waals surface area contributed by atoms with E-state index in [9.17, 15) is 25.2 Å². The smallest absolute Gasteiger partial charge is 0.174 e. The van der Waals surface area contributed by atoms with Crippen molar-refractivity contribution in [2.45, 2.75) is 24.7 Å². The summed E-state index contributed by atoms with van der Waals surface area (Å²) in [7, 11) is 1.44. The van der Waals surface area contributed by atoms with Gasteiger partial charge in [0.25, 0.3) is 0 Å². The maximum absolute atomic E-state index is 12.6. The molecule has 3 atom stereocenters. The van der Waals surface area contributed by atoms with Crippen LogP contribution in [0.4, 0.5) is 0 Å². The van der Waals surface area contributed by atoms with Gasteiger partial charge in [0, 0.05) is 17.7 Å². The molecule has 176 valence electrons. The van der Waals surface area contributed by atoms with Gasteiger partial charge in [-0.1, -0.05) is 12.1 Å². The van der Waals surface area contributed by atoms with Gasteiger partial charge in [0.2, 0.25) is 0 Å². The molecule has 0 radical (unpaired) electrons. The van der Waals surface area contributed by atoms with Crippen LogP contribution in [0, 0.1) is 0 Å². The number of carbonyl (C=O) groups excluding carboxylic acids is 1. The Balaban J connectivity index is 1.43. The highest BCUT2D eigenvalue weighted by Crippen LogP contribution is 2.45. The molecule has 3 aromatic carbocycles. The van der Waals surface area contributed by atoms with E-state index in [0.717, 1.165) is 6.07 Å². The molecule has 0 aromatic heterocycles. The molecular weight excluding hydrogens is 444 g/mol. The zero-order valence-corrected chi connectivity index (χ0v) is 18.1. The number of hydrogen-bond donors (Lipinski definition) is 4. The van der Waals surface area contributed by atoms with Crippen molar-refractivity contribution in [2.75, 3.05) is 13.7 Å². The van der Waals surface area contributed by atoms with Crippen LogP contribution in [0.2, 0.25) is 0 Å². The van der Waals surface area contributed by atoms with E-state index in [4.69, 9.17) is 18.9 Å². The monoisotopic (exact) mass is 466 g/mol. The number of phenolic OH excluding ortho intramolecular Hbond substituents is 3. The number of aliphatic hydroxyl groups is 1. The lowest BCUT2D eigenvalue weighted by Gasteiger charge is -2.34. The first-order chi connectivity index (χ1) is 16.4. The summed E-state index contributed by atoms with van der Waals surface area (Å²) in [4.78, 5) is 12.6. The van der Waals surface area contributed by atoms with Gasteiger partial charge in [0.15, 0.2) is 41.0 Å². The van der Waals surface area contributed by atoms with E-state index in [-0.39, 0.29) is 53.1 Å². The van der Waals surface area contributed by atoms with Crippen molar-refractivity contribution in [1.82, 2.24) is 0 Å². The van der Waals surface area contributed by atoms with E-state index in [0.29, 0.717) is 22.6 Å². The standard InChI is InChI=1S/C25H22O9/c1-31-20-7-13(2-4-15(20)28)25-23(11-26)33-21-6-12(3-5-18(21)34-25)19-10-17(30)24-16(29)8-14(27)9-22(24)32-19/h2-9,19,23,25-29H,10-11H2,1H3/t19?,23-,25-/m1/s1. The third kappa shape index (κ3) is 3.69. The van der Waals surface area contributed by atoms with Crippen molar-refractivity contribution in [3.05, 3.63) is 65.2 Å². The van der Waals surface area contributed by atoms with Gasteiger partial charge in [-0.05, 0) is 29.8 Å². The Kier molecular flexibility index (Phi) is 5.33. The maximum atomic E-state index is 12.6. The van der Waals surface area contributed by atoms with E-state index in [1.165, 1.54) is 19.2 Å². The first-order valence-electron chi connectivity index (χ1n) is 10.6. The van der Waals surface area contributed by atoms with Crippen LogP contribution in [0.5, 0.6) is 40.2 Å². The molecule has 2 heterocycles. The minimum Gasteiger partial charge on any atom is -0.508 e. The molecule has 0 fully saturated rings. The minimum absolute atomic E-state index is 0.00959. The molecule has 3 aromatic rings. The zero-order chi connectivity index (χ0) is 24.0. The lowest BCUT2D eigenvalue weighted by molar-refractivity contribution is -0.0126. The van der Waals surface area contributed by atoms with Gasteiger partial charge in [-0.2, -0.15) is 0 Å². The lowest BCUT2D eigenvalue weighted by atomic mass is 9.95. The number of phenols is 3. The third-order valence-electron chi connectivity index (χ3n) is 5.91. The average molecular weight is 466 g/mol. The van der Waals surface area contributed by atoms with Crippen molar-refractivity contribution in [3.63, 3.8) is 0 Å². The summed E-state index contributed by atoms with van der Waals surface area (Å²) in [5.74, 6) is 0.311. The summed E-state index contributed by atoms with van der Waals surface area (Å²) in [5.41, 5.74) is 1.32. The SMILES string of the molecule is COc1cc([C@H]2Oc3ccc(C4CC(=O)c5c(O)cc(O)cc5O4)cc3O[C@@H]2CO)ccc1O. The highest BCUT2D eigenvalue weighted by Gasteiger charge is 2.35. The Labute approximate surface area is 194 Å². The van der Waals surface area contributed by atoms with E-state index < -0.39 is 18.3 Å². The molecule has 0 aliphatic carbocycles. The van der Waals surface area contributed by atoms with Gasteiger partial charge in [-0.25, -0.2) is 0 Å². The van der Waals surface area contributed by atoms with Gasteiger partial charge in [0.05, 0.1) is 20.1 Å². The van der Waals surface area contributed by atoms with Crippen molar-refractivity contribution in [3.8, 4) is 40.2 Å². The average Bonchev–Trinajstić information content (AvgIpc) is 2.82. The van der Waals surface area contributed by atoms with Gasteiger partial charge >= 0.3 is 0 Å². The molecule has 0 saturated carbocycles. The molecular formula is C25H22O9. The second-order valence-electron chi connectivity index (χ2n) is 8.09. The molecule has 9 heteroatoms. The topological polar surface area (TPSA) is 135 Å². The molecule has 5 rings (SSSR count). The predicted octanol–water partition coefficient (Wildman–Crippen LogP) is 3.39. The summed E-state index contributed by atoms with van der Waals surface area (Å²) in [6.45, 7) is -0.331. The number of aromatic hydroxyl groups is 3. The van der Waals surface area contributed by atoms with E-state index >= 15 is 0 Å². The van der Waals surface area contributed by atoms with Crippen molar-refractivity contribution >= 4 is 5.78 Å². The third-order valence-corrected chi connectivity index (χ3v) is 5.91. The van der Waals surface area contributed by atoms with Gasteiger partial charge < -0.3 is 39.4 Å². The van der Waals surface area contributed by atoms with E-state index in [1.807, 2.05) is 0 Å². The number of ketones is 1. The molecule has 0 spiro atoms. The lowest BCUT2D eigenvalue weighted by Crippen LogP contribution is -2.36. The fraction of sp³-hybridized carbons (Fsp3) is 0.240. The van der Waals surface area contributed by atoms with Crippen LogP contribution in [0.15, 0.2) is 48.5 Å². The second-order valence-corrected chi connectivity index (χ2v) is 8.09.